The molecule has 1 aromatic carbocycles. The van der Waals surface area contributed by atoms with Gasteiger partial charge in [-0.1, -0.05) is 49.6 Å². The van der Waals surface area contributed by atoms with Gasteiger partial charge < -0.3 is 15.2 Å². The second-order valence-corrected chi connectivity index (χ2v) is 5.53. The summed E-state index contributed by atoms with van der Waals surface area (Å²) in [5.41, 5.74) is 0.0752. The molecule has 0 spiro atoms. The Balaban J connectivity index is 1.93. The van der Waals surface area contributed by atoms with Gasteiger partial charge in [0.25, 0.3) is 5.91 Å². The molecule has 2 N–H and O–H groups in total. The summed E-state index contributed by atoms with van der Waals surface area (Å²) in [7, 11) is 1.52. The van der Waals surface area contributed by atoms with E-state index in [0.717, 1.165) is 31.2 Å². The normalized spacial score (nSPS) is 19.3. The molecule has 4 heteroatoms. The second-order valence-electron chi connectivity index (χ2n) is 5.53. The summed E-state index contributed by atoms with van der Waals surface area (Å²) >= 11 is 0. The van der Waals surface area contributed by atoms with Gasteiger partial charge in [-0.15, -0.1) is 0 Å². The maximum Gasteiger partial charge on any atom is 0.253 e. The topological polar surface area (TPSA) is 58.6 Å². The molecule has 2 rings (SSSR count). The highest BCUT2D eigenvalue weighted by atomic mass is 16.5. The number of ether oxygens (including phenoxy) is 1. The van der Waals surface area contributed by atoms with Crippen molar-refractivity contribution < 1.29 is 14.6 Å². The van der Waals surface area contributed by atoms with E-state index in [2.05, 4.69) is 5.32 Å². The number of aliphatic hydroxyl groups is 1. The zero-order valence-corrected chi connectivity index (χ0v) is 12.0. The van der Waals surface area contributed by atoms with Crippen LogP contribution in [-0.4, -0.2) is 30.3 Å². The lowest BCUT2D eigenvalue weighted by atomic mass is 9.85. The number of rotatable bonds is 5. The van der Waals surface area contributed by atoms with Crippen LogP contribution in [0.15, 0.2) is 30.3 Å². The summed E-state index contributed by atoms with van der Waals surface area (Å²) in [6, 6.07) is 9.39. The summed E-state index contributed by atoms with van der Waals surface area (Å²) < 4.78 is 5.28. The van der Waals surface area contributed by atoms with E-state index in [1.807, 2.05) is 30.3 Å². The lowest BCUT2D eigenvalue weighted by molar-refractivity contribution is -0.133. The van der Waals surface area contributed by atoms with Crippen LogP contribution in [-0.2, 0) is 9.53 Å². The number of benzene rings is 1. The molecule has 110 valence electrons. The molecule has 1 aromatic rings. The standard InChI is InChI=1S/C16H23NO3/c1-20-14(13-8-4-2-5-9-13)15(18)17-12-16(19)10-6-3-7-11-16/h2,4-5,8-9,14,19H,3,6-7,10-12H2,1H3,(H,17,18). The van der Waals surface area contributed by atoms with E-state index < -0.39 is 11.7 Å². The number of carbonyl (C=O) groups is 1. The first-order valence-corrected chi connectivity index (χ1v) is 7.22. The fourth-order valence-electron chi connectivity index (χ4n) is 2.75. The predicted octanol–water partition coefficient (Wildman–Crippen LogP) is 2.19. The van der Waals surface area contributed by atoms with Gasteiger partial charge >= 0.3 is 0 Å². The average molecular weight is 277 g/mol. The van der Waals surface area contributed by atoms with Crippen molar-refractivity contribution in [1.29, 1.82) is 0 Å². The van der Waals surface area contributed by atoms with Crippen LogP contribution in [0.2, 0.25) is 0 Å². The van der Waals surface area contributed by atoms with Crippen LogP contribution in [0.3, 0.4) is 0 Å². The van der Waals surface area contributed by atoms with Gasteiger partial charge in [-0.25, -0.2) is 0 Å². The number of hydrogen-bond donors (Lipinski definition) is 2. The molecular weight excluding hydrogens is 254 g/mol. The molecule has 0 saturated heterocycles. The smallest absolute Gasteiger partial charge is 0.253 e. The van der Waals surface area contributed by atoms with E-state index in [0.29, 0.717) is 6.54 Å². The minimum absolute atomic E-state index is 0.197. The Kier molecular flexibility index (Phi) is 5.15. The van der Waals surface area contributed by atoms with E-state index in [-0.39, 0.29) is 5.91 Å². The van der Waals surface area contributed by atoms with E-state index >= 15 is 0 Å². The molecule has 0 radical (unpaired) electrons. The summed E-state index contributed by atoms with van der Waals surface area (Å²) in [6.45, 7) is 0.304. The van der Waals surface area contributed by atoms with Crippen LogP contribution in [0, 0.1) is 0 Å². The molecule has 1 aliphatic carbocycles. The van der Waals surface area contributed by atoms with Crippen molar-refractivity contribution in [1.82, 2.24) is 5.32 Å². The van der Waals surface area contributed by atoms with E-state index in [4.69, 9.17) is 4.74 Å². The van der Waals surface area contributed by atoms with Gasteiger partial charge in [0.05, 0.1) is 5.60 Å². The quantitative estimate of drug-likeness (QED) is 0.867. The lowest BCUT2D eigenvalue weighted by Crippen LogP contribution is -2.45. The largest absolute Gasteiger partial charge is 0.388 e. The summed E-state index contributed by atoms with van der Waals surface area (Å²) in [4.78, 5) is 12.2. The molecule has 0 aliphatic heterocycles. The van der Waals surface area contributed by atoms with E-state index in [1.165, 1.54) is 13.5 Å². The van der Waals surface area contributed by atoms with Crippen LogP contribution in [0.4, 0.5) is 0 Å². The Hall–Kier alpha value is -1.39. The first-order chi connectivity index (χ1) is 9.64. The molecule has 1 atom stereocenters. The zero-order valence-electron chi connectivity index (χ0n) is 12.0. The van der Waals surface area contributed by atoms with Crippen LogP contribution in [0.1, 0.15) is 43.8 Å². The van der Waals surface area contributed by atoms with Gasteiger partial charge in [-0.3, -0.25) is 4.79 Å². The van der Waals surface area contributed by atoms with Crippen molar-refractivity contribution in [3.8, 4) is 0 Å². The van der Waals surface area contributed by atoms with Gasteiger partial charge in [0.1, 0.15) is 0 Å². The highest BCUT2D eigenvalue weighted by molar-refractivity contribution is 5.82. The second kappa shape index (κ2) is 6.86. The number of carbonyl (C=O) groups excluding carboxylic acids is 1. The molecule has 1 amide bonds. The van der Waals surface area contributed by atoms with Crippen molar-refractivity contribution >= 4 is 5.91 Å². The predicted molar refractivity (Wildman–Crippen MR) is 77.2 cm³/mol. The van der Waals surface area contributed by atoms with Gasteiger partial charge in [-0.05, 0) is 18.4 Å². The molecular formula is C16H23NO3. The molecule has 0 aromatic heterocycles. The number of methoxy groups -OCH3 is 1. The maximum absolute atomic E-state index is 12.2. The van der Waals surface area contributed by atoms with Crippen LogP contribution in [0.5, 0.6) is 0 Å². The molecule has 4 nitrogen and oxygen atoms in total. The van der Waals surface area contributed by atoms with E-state index in [9.17, 15) is 9.90 Å². The third-order valence-corrected chi connectivity index (χ3v) is 3.95. The van der Waals surface area contributed by atoms with Crippen LogP contribution in [0.25, 0.3) is 0 Å². The van der Waals surface area contributed by atoms with Crippen molar-refractivity contribution in [3.63, 3.8) is 0 Å². The molecule has 1 unspecified atom stereocenters. The minimum atomic E-state index is -0.747. The van der Waals surface area contributed by atoms with Crippen LogP contribution >= 0.6 is 0 Å². The van der Waals surface area contributed by atoms with E-state index in [1.54, 1.807) is 0 Å². The SMILES string of the molecule is COC(C(=O)NCC1(O)CCCCC1)c1ccccc1. The van der Waals surface area contributed by atoms with Crippen molar-refractivity contribution in [2.24, 2.45) is 0 Å². The average Bonchev–Trinajstić information content (AvgIpc) is 2.48. The number of nitrogens with one attached hydrogen (secondary N) is 1. The molecule has 1 aliphatic rings. The maximum atomic E-state index is 12.2. The minimum Gasteiger partial charge on any atom is -0.388 e. The third-order valence-electron chi connectivity index (χ3n) is 3.95. The number of hydrogen-bond acceptors (Lipinski definition) is 3. The zero-order chi connectivity index (χ0) is 14.4. The Morgan fingerprint density at radius 2 is 1.95 bits per heavy atom. The van der Waals surface area contributed by atoms with Crippen LogP contribution < -0.4 is 5.32 Å². The van der Waals surface area contributed by atoms with Gasteiger partial charge in [0, 0.05) is 13.7 Å². The monoisotopic (exact) mass is 277 g/mol. The molecule has 1 fully saturated rings. The lowest BCUT2D eigenvalue weighted by Gasteiger charge is -2.32. The summed E-state index contributed by atoms with van der Waals surface area (Å²) in [6.07, 6.45) is 4.12. The first-order valence-electron chi connectivity index (χ1n) is 7.22. The highest BCUT2D eigenvalue weighted by Crippen LogP contribution is 2.27. The Bertz CT molecular complexity index is 427. The van der Waals surface area contributed by atoms with Gasteiger partial charge in [-0.2, -0.15) is 0 Å². The Labute approximate surface area is 120 Å². The van der Waals surface area contributed by atoms with Gasteiger partial charge in [0.2, 0.25) is 0 Å². The van der Waals surface area contributed by atoms with Crippen molar-refractivity contribution in [3.05, 3.63) is 35.9 Å². The summed E-state index contributed by atoms with van der Waals surface area (Å²) in [5, 5.41) is 13.2. The molecule has 0 bridgehead atoms. The fourth-order valence-corrected chi connectivity index (χ4v) is 2.75. The first kappa shape index (κ1) is 15.0. The Morgan fingerprint density at radius 1 is 1.30 bits per heavy atom. The van der Waals surface area contributed by atoms with Crippen molar-refractivity contribution in [2.45, 2.75) is 43.8 Å². The highest BCUT2D eigenvalue weighted by Gasteiger charge is 2.30. The van der Waals surface area contributed by atoms with Crippen molar-refractivity contribution in [2.75, 3.05) is 13.7 Å². The third kappa shape index (κ3) is 3.81. The fraction of sp³-hybridized carbons (Fsp3) is 0.562. The number of amides is 1. The molecule has 1 saturated carbocycles. The molecule has 20 heavy (non-hydrogen) atoms. The Morgan fingerprint density at radius 3 is 2.55 bits per heavy atom. The molecule has 0 heterocycles. The summed E-state index contributed by atoms with van der Waals surface area (Å²) in [5.74, 6) is -0.197. The van der Waals surface area contributed by atoms with Gasteiger partial charge in [0.15, 0.2) is 6.10 Å².